The van der Waals surface area contributed by atoms with Crippen molar-refractivity contribution < 1.29 is 0 Å². The van der Waals surface area contributed by atoms with E-state index in [0.717, 1.165) is 46.7 Å². The van der Waals surface area contributed by atoms with Crippen LogP contribution in [-0.4, -0.2) is 9.97 Å². The topological polar surface area (TPSA) is 25.8 Å². The molecule has 2 nitrogen and oxygen atoms in total. The predicted octanol–water partition coefficient (Wildman–Crippen LogP) is 33.3. The maximum absolute atomic E-state index is 5.40. The summed E-state index contributed by atoms with van der Waals surface area (Å²) in [5.41, 5.74) is 36.6. The van der Waals surface area contributed by atoms with Gasteiger partial charge in [0.2, 0.25) is 0 Å². The predicted molar refractivity (Wildman–Crippen MR) is 490 cm³/mol. The number of rotatable bonds is 38. The van der Waals surface area contributed by atoms with Gasteiger partial charge >= 0.3 is 0 Å². The number of benzene rings is 12. The smallest absolute Gasteiger partial charge is 0.160 e. The van der Waals surface area contributed by atoms with Crippen LogP contribution in [-0.2, 0) is 10.8 Å². The maximum Gasteiger partial charge on any atom is 0.160 e. The van der Waals surface area contributed by atoms with Gasteiger partial charge in [0.25, 0.3) is 0 Å². The minimum absolute atomic E-state index is 0.0472. The lowest BCUT2D eigenvalue weighted by molar-refractivity contribution is 0.398. The molecule has 13 aromatic rings. The number of unbranched alkanes of at least 4 members (excludes halogenated alkanes) is 20. The standard InChI is InChI=1S/C112H120N2/c1-7-11-15-19-23-36-65-111(66-37-24-20-16-12-8-2)104-69-82(6)51-61-100(104)101-63-59-91(78-106(101)111)96-74-97(76-99(75-96)98-72-94(83-41-30-27-31-42-83)71-95(73-98)84-43-32-28-33-44-84)92-60-64-103-102-62-58-90(77-105(102)112(107(103)79-92,67-38-25-21-17-13-9-3)68-39-26-22-18-14-10-4)89-47-40-48-93(70-89)109-80-108(113-110(114-109)88-45-34-29-35-46-88)87-56-54-86(55-57-87)85-52-49-81(5)50-53-85/h27-35,40-64,69-80H,7-26,36-39,65-68H2,1-6H3. The second-order valence-corrected chi connectivity index (χ2v) is 33.7. The zero-order valence-electron chi connectivity index (χ0n) is 69.3. The molecule has 1 heterocycles. The molecule has 114 heavy (non-hydrogen) atoms. The highest BCUT2D eigenvalue weighted by Gasteiger charge is 2.44. The van der Waals surface area contributed by atoms with Gasteiger partial charge < -0.3 is 0 Å². The molecule has 0 spiro atoms. The van der Waals surface area contributed by atoms with Crippen molar-refractivity contribution in [1.82, 2.24) is 9.97 Å². The van der Waals surface area contributed by atoms with Crippen LogP contribution in [0.3, 0.4) is 0 Å². The zero-order valence-corrected chi connectivity index (χ0v) is 69.3. The molecule has 0 saturated carbocycles. The summed E-state index contributed by atoms with van der Waals surface area (Å²) in [6.45, 7) is 13.9. The van der Waals surface area contributed by atoms with Gasteiger partial charge in [0, 0.05) is 27.5 Å². The van der Waals surface area contributed by atoms with Crippen molar-refractivity contribution in [3.63, 3.8) is 0 Å². The summed E-state index contributed by atoms with van der Waals surface area (Å²) in [6, 6.07) is 107. The van der Waals surface area contributed by atoms with E-state index < -0.39 is 0 Å². The highest BCUT2D eigenvalue weighted by Crippen LogP contribution is 2.58. The molecule has 0 amide bonds. The summed E-state index contributed by atoms with van der Waals surface area (Å²) in [4.78, 5) is 10.7. The number of nitrogens with zero attached hydrogens (tertiary/aromatic N) is 2. The number of fused-ring (bicyclic) bond motifs is 6. The van der Waals surface area contributed by atoms with E-state index in [9.17, 15) is 0 Å². The normalized spacial score (nSPS) is 12.9. The van der Waals surface area contributed by atoms with Crippen molar-refractivity contribution in [1.29, 1.82) is 0 Å². The first-order chi connectivity index (χ1) is 56.1. The maximum atomic E-state index is 5.40. The molecule has 0 unspecified atom stereocenters. The van der Waals surface area contributed by atoms with Crippen molar-refractivity contribution in [3.8, 4) is 134 Å². The SMILES string of the molecule is CCCCCCCCC1(CCCCCCCC)c2cc(C)ccc2-c2ccc(-c3cc(-c4cc(-c5ccccc5)cc(-c5ccccc5)c4)cc(-c4ccc5c(c4)C(CCCCCCCC)(CCCCCCCC)c4cc(-c6cccc(-c7cc(-c8ccc(-c9ccc(C)cc9)cc8)nc(-c8ccccc8)n7)c6)ccc4-5)c3)cc21. The van der Waals surface area contributed by atoms with Gasteiger partial charge in [-0.3, -0.25) is 0 Å². The van der Waals surface area contributed by atoms with Crippen LogP contribution in [0.1, 0.15) is 241 Å². The summed E-state index contributed by atoms with van der Waals surface area (Å²) in [7, 11) is 0. The van der Waals surface area contributed by atoms with Gasteiger partial charge in [0.15, 0.2) is 5.82 Å². The average molecular weight is 1490 g/mol. The third-order valence-corrected chi connectivity index (χ3v) is 25.6. The minimum Gasteiger partial charge on any atom is -0.228 e. The molecule has 2 aliphatic carbocycles. The number of aryl methyl sites for hydroxylation is 2. The molecule has 15 rings (SSSR count). The molecule has 2 heteroatoms. The summed E-state index contributed by atoms with van der Waals surface area (Å²) >= 11 is 0. The fourth-order valence-corrected chi connectivity index (χ4v) is 19.2. The van der Waals surface area contributed by atoms with Crippen molar-refractivity contribution in [2.75, 3.05) is 0 Å². The Balaban J connectivity index is 0.874. The Bertz CT molecular complexity index is 5240. The van der Waals surface area contributed by atoms with Crippen molar-refractivity contribution in [2.45, 2.75) is 232 Å². The Morgan fingerprint density at radius 2 is 0.456 bits per heavy atom. The van der Waals surface area contributed by atoms with Gasteiger partial charge in [-0.25, -0.2) is 9.97 Å². The molecule has 0 fully saturated rings. The van der Waals surface area contributed by atoms with E-state index in [0.29, 0.717) is 0 Å². The molecular formula is C112H120N2. The zero-order chi connectivity index (χ0) is 78.1. The molecule has 0 N–H and O–H groups in total. The lowest BCUT2D eigenvalue weighted by Crippen LogP contribution is -2.25. The Hall–Kier alpha value is -10.3. The first kappa shape index (κ1) is 79.0. The van der Waals surface area contributed by atoms with E-state index in [2.05, 4.69) is 321 Å². The van der Waals surface area contributed by atoms with Crippen LogP contribution in [0.5, 0.6) is 0 Å². The highest BCUT2D eigenvalue weighted by atomic mass is 14.9. The molecule has 0 aliphatic heterocycles. The van der Waals surface area contributed by atoms with E-state index >= 15 is 0 Å². The van der Waals surface area contributed by atoms with Gasteiger partial charge in [-0.2, -0.15) is 0 Å². The largest absolute Gasteiger partial charge is 0.228 e. The number of hydrogen-bond acceptors (Lipinski definition) is 2. The Kier molecular flexibility index (Phi) is 26.2. The van der Waals surface area contributed by atoms with Gasteiger partial charge in [-0.1, -0.05) is 405 Å². The van der Waals surface area contributed by atoms with E-state index in [1.165, 1.54) is 289 Å². The lowest BCUT2D eigenvalue weighted by Gasteiger charge is -2.33. The van der Waals surface area contributed by atoms with Crippen LogP contribution in [0.2, 0.25) is 0 Å². The van der Waals surface area contributed by atoms with E-state index in [-0.39, 0.29) is 10.8 Å². The molecule has 0 radical (unpaired) electrons. The number of aromatic nitrogens is 2. The van der Waals surface area contributed by atoms with Crippen LogP contribution in [0.15, 0.2) is 279 Å². The summed E-state index contributed by atoms with van der Waals surface area (Å²) < 4.78 is 0. The molecule has 1 aromatic heterocycles. The Morgan fingerprint density at radius 3 is 0.868 bits per heavy atom. The Labute approximate surface area is 684 Å². The van der Waals surface area contributed by atoms with Gasteiger partial charge in [-0.15, -0.1) is 0 Å². The summed E-state index contributed by atoms with van der Waals surface area (Å²) in [5, 5.41) is 0. The van der Waals surface area contributed by atoms with Crippen LogP contribution in [0.4, 0.5) is 0 Å². The highest BCUT2D eigenvalue weighted by molar-refractivity contribution is 5.92. The van der Waals surface area contributed by atoms with Crippen LogP contribution in [0.25, 0.3) is 134 Å². The first-order valence-electron chi connectivity index (χ1n) is 44.3. The van der Waals surface area contributed by atoms with Crippen LogP contribution < -0.4 is 0 Å². The van der Waals surface area contributed by atoms with Gasteiger partial charge in [0.05, 0.1) is 11.4 Å². The van der Waals surface area contributed by atoms with Crippen LogP contribution in [0, 0.1) is 13.8 Å². The molecular weight excluding hydrogens is 1370 g/mol. The molecule has 12 aromatic carbocycles. The fraction of sp³-hybridized carbons (Fsp3) is 0.321. The average Bonchev–Trinajstić information content (AvgIpc) is 1.56. The van der Waals surface area contributed by atoms with E-state index in [1.807, 2.05) is 0 Å². The summed E-state index contributed by atoms with van der Waals surface area (Å²) in [5.74, 6) is 0.723. The van der Waals surface area contributed by atoms with Gasteiger partial charge in [0.1, 0.15) is 0 Å². The molecule has 2 aliphatic rings. The molecule has 578 valence electrons. The first-order valence-corrected chi connectivity index (χ1v) is 44.3. The van der Waals surface area contributed by atoms with Crippen LogP contribution >= 0.6 is 0 Å². The monoisotopic (exact) mass is 1490 g/mol. The molecule has 0 atom stereocenters. The third-order valence-electron chi connectivity index (χ3n) is 25.6. The Morgan fingerprint density at radius 1 is 0.193 bits per heavy atom. The quantitative estimate of drug-likeness (QED) is 0.0361. The molecule has 0 saturated heterocycles. The van der Waals surface area contributed by atoms with Crippen molar-refractivity contribution in [2.24, 2.45) is 0 Å². The van der Waals surface area contributed by atoms with E-state index in [4.69, 9.17) is 9.97 Å². The van der Waals surface area contributed by atoms with E-state index in [1.54, 1.807) is 11.1 Å². The third kappa shape index (κ3) is 18.0. The second-order valence-electron chi connectivity index (χ2n) is 33.7. The van der Waals surface area contributed by atoms with Gasteiger partial charge in [-0.05, 0) is 229 Å². The lowest BCUT2D eigenvalue weighted by atomic mass is 9.69. The second kappa shape index (κ2) is 37.8. The minimum atomic E-state index is -0.192. The fourth-order valence-electron chi connectivity index (χ4n) is 19.2. The van der Waals surface area contributed by atoms with Crippen molar-refractivity contribution in [3.05, 3.63) is 312 Å². The molecule has 0 bridgehead atoms. The number of hydrogen-bond donors (Lipinski definition) is 0. The summed E-state index contributed by atoms with van der Waals surface area (Å²) in [6.07, 6.45) is 35.4. The van der Waals surface area contributed by atoms with Crippen molar-refractivity contribution >= 4 is 0 Å².